The summed E-state index contributed by atoms with van der Waals surface area (Å²) in [6.07, 6.45) is 1.81. The van der Waals surface area contributed by atoms with Crippen molar-refractivity contribution < 1.29 is 19.4 Å². The summed E-state index contributed by atoms with van der Waals surface area (Å²) in [5, 5.41) is 14.8. The van der Waals surface area contributed by atoms with Gasteiger partial charge < -0.3 is 20.5 Å². The Hall–Kier alpha value is -1.30. The van der Waals surface area contributed by atoms with Crippen molar-refractivity contribution in [1.82, 2.24) is 10.6 Å². The smallest absolute Gasteiger partial charge is 0.315 e. The fourth-order valence-electron chi connectivity index (χ4n) is 1.80. The van der Waals surface area contributed by atoms with Gasteiger partial charge in [-0.3, -0.25) is 4.79 Å². The SMILES string of the molecule is COC1CC(NC(=O)NC(C)(C)C(C)(C)C(=O)O)C1. The molecular weight excluding hydrogens is 248 g/mol. The molecule has 1 rings (SSSR count). The highest BCUT2D eigenvalue weighted by molar-refractivity contribution is 5.79. The molecule has 0 bridgehead atoms. The first-order chi connectivity index (χ1) is 8.60. The summed E-state index contributed by atoms with van der Waals surface area (Å²) in [6, 6.07) is -0.229. The lowest BCUT2D eigenvalue weighted by molar-refractivity contribution is -0.150. The molecule has 0 atom stereocenters. The molecule has 0 radical (unpaired) electrons. The number of amides is 2. The molecule has 0 unspecified atom stereocenters. The first-order valence-corrected chi connectivity index (χ1v) is 6.45. The van der Waals surface area contributed by atoms with Crippen LogP contribution in [0, 0.1) is 5.41 Å². The molecule has 2 amide bonds. The minimum atomic E-state index is -1.06. The van der Waals surface area contributed by atoms with Gasteiger partial charge in [0.25, 0.3) is 0 Å². The molecular formula is C13H24N2O4. The molecule has 0 aromatic rings. The Bertz CT molecular complexity index is 360. The molecule has 1 aliphatic rings. The van der Waals surface area contributed by atoms with E-state index in [1.165, 1.54) is 0 Å². The third kappa shape index (κ3) is 3.37. The zero-order chi connectivity index (χ0) is 14.8. The maximum Gasteiger partial charge on any atom is 0.315 e. The van der Waals surface area contributed by atoms with Crippen LogP contribution >= 0.6 is 0 Å². The first-order valence-electron chi connectivity index (χ1n) is 6.45. The van der Waals surface area contributed by atoms with Gasteiger partial charge in [-0.2, -0.15) is 0 Å². The second-order valence-corrected chi connectivity index (χ2v) is 6.18. The molecule has 0 aliphatic heterocycles. The van der Waals surface area contributed by atoms with Gasteiger partial charge in [0.1, 0.15) is 0 Å². The zero-order valence-corrected chi connectivity index (χ0v) is 12.2. The van der Waals surface area contributed by atoms with Gasteiger partial charge >= 0.3 is 12.0 Å². The number of aliphatic carboxylic acids is 1. The van der Waals surface area contributed by atoms with Crippen LogP contribution in [-0.4, -0.2) is 41.9 Å². The molecule has 19 heavy (non-hydrogen) atoms. The molecule has 0 aromatic heterocycles. The van der Waals surface area contributed by atoms with Gasteiger partial charge in [-0.1, -0.05) is 0 Å². The maximum absolute atomic E-state index is 11.9. The standard InChI is InChI=1S/C13H24N2O4/c1-12(2,10(16)17)13(3,4)15-11(18)14-8-6-9(7-8)19-5/h8-9H,6-7H2,1-5H3,(H,16,17)(H2,14,15,18). The van der Waals surface area contributed by atoms with Crippen LogP contribution in [0.1, 0.15) is 40.5 Å². The normalized spacial score (nSPS) is 23.4. The summed E-state index contributed by atoms with van der Waals surface area (Å²) < 4.78 is 5.14. The number of carboxylic acid groups (broad SMARTS) is 1. The van der Waals surface area contributed by atoms with E-state index in [0.717, 1.165) is 12.8 Å². The Labute approximate surface area is 113 Å². The van der Waals surface area contributed by atoms with Gasteiger partial charge in [-0.15, -0.1) is 0 Å². The molecule has 6 nitrogen and oxygen atoms in total. The average Bonchev–Trinajstić information content (AvgIpc) is 2.21. The van der Waals surface area contributed by atoms with Crippen LogP contribution < -0.4 is 10.6 Å². The van der Waals surface area contributed by atoms with Crippen molar-refractivity contribution >= 4 is 12.0 Å². The van der Waals surface area contributed by atoms with E-state index < -0.39 is 16.9 Å². The molecule has 6 heteroatoms. The van der Waals surface area contributed by atoms with E-state index in [1.807, 2.05) is 0 Å². The number of methoxy groups -OCH3 is 1. The van der Waals surface area contributed by atoms with Crippen molar-refractivity contribution in [2.24, 2.45) is 5.41 Å². The zero-order valence-electron chi connectivity index (χ0n) is 12.2. The van der Waals surface area contributed by atoms with Crippen molar-refractivity contribution in [2.45, 2.75) is 58.2 Å². The van der Waals surface area contributed by atoms with Crippen molar-refractivity contribution in [3.8, 4) is 0 Å². The quantitative estimate of drug-likeness (QED) is 0.705. The van der Waals surface area contributed by atoms with E-state index in [1.54, 1.807) is 34.8 Å². The molecule has 0 aromatic carbocycles. The van der Waals surface area contributed by atoms with Crippen LogP contribution in [0.2, 0.25) is 0 Å². The largest absolute Gasteiger partial charge is 0.481 e. The fraction of sp³-hybridized carbons (Fsp3) is 0.846. The van der Waals surface area contributed by atoms with Crippen molar-refractivity contribution in [3.05, 3.63) is 0 Å². The van der Waals surface area contributed by atoms with Gasteiger partial charge in [0.05, 0.1) is 17.1 Å². The second kappa shape index (κ2) is 5.36. The first kappa shape index (κ1) is 15.8. The molecule has 3 N–H and O–H groups in total. The van der Waals surface area contributed by atoms with E-state index in [4.69, 9.17) is 4.74 Å². The van der Waals surface area contributed by atoms with Crippen LogP contribution in [-0.2, 0) is 9.53 Å². The lowest BCUT2D eigenvalue weighted by atomic mass is 9.74. The molecule has 110 valence electrons. The number of hydrogen-bond acceptors (Lipinski definition) is 3. The Morgan fingerprint density at radius 1 is 1.21 bits per heavy atom. The number of urea groups is 1. The molecule has 0 heterocycles. The minimum absolute atomic E-state index is 0.105. The highest BCUT2D eigenvalue weighted by Gasteiger charge is 2.44. The Balaban J connectivity index is 2.50. The summed E-state index contributed by atoms with van der Waals surface area (Å²) in [6.45, 7) is 6.61. The summed E-state index contributed by atoms with van der Waals surface area (Å²) in [7, 11) is 1.65. The van der Waals surface area contributed by atoms with E-state index in [-0.39, 0.29) is 18.2 Å². The third-order valence-electron chi connectivity index (χ3n) is 4.29. The Morgan fingerprint density at radius 2 is 1.74 bits per heavy atom. The lowest BCUT2D eigenvalue weighted by Crippen LogP contribution is -2.61. The number of rotatable bonds is 5. The van der Waals surface area contributed by atoms with Crippen molar-refractivity contribution in [3.63, 3.8) is 0 Å². The minimum Gasteiger partial charge on any atom is -0.481 e. The maximum atomic E-state index is 11.9. The van der Waals surface area contributed by atoms with Crippen LogP contribution in [0.25, 0.3) is 0 Å². The van der Waals surface area contributed by atoms with Gasteiger partial charge in [0, 0.05) is 13.2 Å². The number of hydrogen-bond donors (Lipinski definition) is 3. The summed E-state index contributed by atoms with van der Waals surface area (Å²) in [5.41, 5.74) is -1.91. The van der Waals surface area contributed by atoms with Gasteiger partial charge in [-0.05, 0) is 40.5 Å². The Morgan fingerprint density at radius 3 is 2.16 bits per heavy atom. The molecule has 1 aliphatic carbocycles. The predicted octanol–water partition coefficient (Wildman–Crippen LogP) is 1.35. The van der Waals surface area contributed by atoms with Gasteiger partial charge in [0.15, 0.2) is 0 Å². The number of carbonyl (C=O) groups excluding carboxylic acids is 1. The number of ether oxygens (including phenoxy) is 1. The monoisotopic (exact) mass is 272 g/mol. The molecule has 0 spiro atoms. The number of carbonyl (C=O) groups is 2. The van der Waals surface area contributed by atoms with E-state index in [0.29, 0.717) is 0 Å². The highest BCUT2D eigenvalue weighted by Crippen LogP contribution is 2.30. The molecule has 1 saturated carbocycles. The summed E-state index contributed by atoms with van der Waals surface area (Å²) in [4.78, 5) is 23.1. The highest BCUT2D eigenvalue weighted by atomic mass is 16.5. The number of carboxylic acids is 1. The van der Waals surface area contributed by atoms with Crippen LogP contribution in [0.4, 0.5) is 4.79 Å². The van der Waals surface area contributed by atoms with E-state index in [2.05, 4.69) is 10.6 Å². The second-order valence-electron chi connectivity index (χ2n) is 6.18. The molecule has 1 fully saturated rings. The van der Waals surface area contributed by atoms with Gasteiger partial charge in [0.2, 0.25) is 0 Å². The summed E-state index contributed by atoms with van der Waals surface area (Å²) >= 11 is 0. The topological polar surface area (TPSA) is 87.7 Å². The Kier molecular flexibility index (Phi) is 4.45. The third-order valence-corrected chi connectivity index (χ3v) is 4.29. The predicted molar refractivity (Wildman–Crippen MR) is 71.0 cm³/mol. The summed E-state index contributed by atoms with van der Waals surface area (Å²) in [5.74, 6) is -0.944. The van der Waals surface area contributed by atoms with E-state index >= 15 is 0 Å². The lowest BCUT2D eigenvalue weighted by Gasteiger charge is -2.40. The van der Waals surface area contributed by atoms with Crippen molar-refractivity contribution in [2.75, 3.05) is 7.11 Å². The molecule has 0 saturated heterocycles. The van der Waals surface area contributed by atoms with Gasteiger partial charge in [-0.25, -0.2) is 4.79 Å². The van der Waals surface area contributed by atoms with Crippen LogP contribution in [0.3, 0.4) is 0 Å². The van der Waals surface area contributed by atoms with Crippen molar-refractivity contribution in [1.29, 1.82) is 0 Å². The fourth-order valence-corrected chi connectivity index (χ4v) is 1.80. The van der Waals surface area contributed by atoms with E-state index in [9.17, 15) is 14.7 Å². The van der Waals surface area contributed by atoms with Crippen LogP contribution in [0.15, 0.2) is 0 Å². The average molecular weight is 272 g/mol. The van der Waals surface area contributed by atoms with Crippen LogP contribution in [0.5, 0.6) is 0 Å². The number of nitrogens with one attached hydrogen (secondary N) is 2.